The van der Waals surface area contributed by atoms with E-state index < -0.39 is 10.0 Å². The zero-order chi connectivity index (χ0) is 20.7. The minimum Gasteiger partial charge on any atom is -0.404 e. The molecular formula is C20H22N4O3S. The molecule has 0 fully saturated rings. The maximum absolute atomic E-state index is 12.6. The smallest absolute Gasteiger partial charge is 0.215 e. The second kappa shape index (κ2) is 9.20. The number of nitrogens with one attached hydrogen (secondary N) is 1. The van der Waals surface area contributed by atoms with E-state index in [-0.39, 0.29) is 11.2 Å². The van der Waals surface area contributed by atoms with Crippen LogP contribution < -0.4 is 15.9 Å². The summed E-state index contributed by atoms with van der Waals surface area (Å²) < 4.78 is 25.7. The first-order valence-electron chi connectivity index (χ1n) is 8.35. The van der Waals surface area contributed by atoms with Gasteiger partial charge in [0.2, 0.25) is 10.0 Å². The van der Waals surface area contributed by atoms with Gasteiger partial charge in [-0.05, 0) is 35.7 Å². The number of hydrogen-bond acceptors (Lipinski definition) is 6. The Morgan fingerprint density at radius 1 is 1.21 bits per heavy atom. The molecule has 0 aliphatic carbocycles. The molecule has 2 aromatic rings. The van der Waals surface area contributed by atoms with Crippen molar-refractivity contribution in [3.63, 3.8) is 0 Å². The molecule has 0 saturated carbocycles. The van der Waals surface area contributed by atoms with Gasteiger partial charge in [-0.15, -0.1) is 0 Å². The van der Waals surface area contributed by atoms with Crippen molar-refractivity contribution in [3.8, 4) is 0 Å². The summed E-state index contributed by atoms with van der Waals surface area (Å²) in [6.45, 7) is 3.88. The van der Waals surface area contributed by atoms with Crippen LogP contribution in [0.1, 0.15) is 5.56 Å². The van der Waals surface area contributed by atoms with Crippen molar-refractivity contribution in [3.05, 3.63) is 76.1 Å². The van der Waals surface area contributed by atoms with Gasteiger partial charge in [0.25, 0.3) is 0 Å². The predicted octanol–water partition coefficient (Wildman–Crippen LogP) is 2.05. The van der Waals surface area contributed by atoms with E-state index in [1.165, 1.54) is 25.5 Å². The normalized spacial score (nSPS) is 12.9. The third-order valence-corrected chi connectivity index (χ3v) is 5.29. The molecule has 0 aliphatic rings. The lowest BCUT2D eigenvalue weighted by molar-refractivity contribution is 0.587. The Bertz CT molecular complexity index is 1150. The fourth-order valence-electron chi connectivity index (χ4n) is 2.46. The van der Waals surface area contributed by atoms with Crippen molar-refractivity contribution in [2.45, 2.75) is 5.75 Å². The number of sulfonamides is 1. The van der Waals surface area contributed by atoms with Gasteiger partial charge in [0.15, 0.2) is 5.43 Å². The van der Waals surface area contributed by atoms with Crippen LogP contribution in [0.2, 0.25) is 0 Å². The molecule has 146 valence electrons. The van der Waals surface area contributed by atoms with Crippen molar-refractivity contribution in [2.75, 3.05) is 14.1 Å². The lowest BCUT2D eigenvalue weighted by atomic mass is 10.1. The van der Waals surface area contributed by atoms with E-state index in [1.807, 2.05) is 0 Å². The van der Waals surface area contributed by atoms with E-state index in [0.717, 1.165) is 0 Å². The topological polar surface area (TPSA) is 114 Å². The Morgan fingerprint density at radius 3 is 2.57 bits per heavy atom. The number of hydrogen-bond donors (Lipinski definition) is 2. The molecule has 3 N–H and O–H groups in total. The highest BCUT2D eigenvalue weighted by Crippen LogP contribution is 2.17. The Labute approximate surface area is 164 Å². The maximum Gasteiger partial charge on any atom is 0.215 e. The third kappa shape index (κ3) is 5.45. The second-order valence-corrected chi connectivity index (χ2v) is 7.87. The number of nitrogens with two attached hydrogens (primary N) is 1. The molecule has 0 saturated heterocycles. The highest BCUT2D eigenvalue weighted by Gasteiger charge is 2.09. The van der Waals surface area contributed by atoms with Crippen LogP contribution in [0.25, 0.3) is 10.8 Å². The molecule has 28 heavy (non-hydrogen) atoms. The van der Waals surface area contributed by atoms with Crippen molar-refractivity contribution >= 4 is 38.9 Å². The van der Waals surface area contributed by atoms with Crippen LogP contribution in [0.5, 0.6) is 0 Å². The summed E-state index contributed by atoms with van der Waals surface area (Å²) in [4.78, 5) is 20.8. The highest BCUT2D eigenvalue weighted by molar-refractivity contribution is 7.88. The van der Waals surface area contributed by atoms with E-state index in [2.05, 4.69) is 21.3 Å². The van der Waals surface area contributed by atoms with Gasteiger partial charge in [-0.2, -0.15) is 0 Å². The van der Waals surface area contributed by atoms with Gasteiger partial charge in [-0.25, -0.2) is 13.1 Å². The van der Waals surface area contributed by atoms with Gasteiger partial charge in [-0.1, -0.05) is 24.8 Å². The monoisotopic (exact) mass is 398 g/mol. The maximum atomic E-state index is 12.6. The number of nitrogens with zero attached hydrogens (tertiary/aromatic N) is 2. The largest absolute Gasteiger partial charge is 0.404 e. The van der Waals surface area contributed by atoms with E-state index >= 15 is 0 Å². The lowest BCUT2D eigenvalue weighted by Gasteiger charge is -2.03. The lowest BCUT2D eigenvalue weighted by Crippen LogP contribution is -2.20. The minimum atomic E-state index is -3.42. The average molecular weight is 398 g/mol. The summed E-state index contributed by atoms with van der Waals surface area (Å²) in [5.41, 5.74) is 7.42. The fraction of sp³-hybridized carbons (Fsp3) is 0.150. The first-order chi connectivity index (χ1) is 13.3. The number of allylic oxidation sites excluding steroid dienone is 2. The van der Waals surface area contributed by atoms with Crippen molar-refractivity contribution in [1.29, 1.82) is 0 Å². The summed E-state index contributed by atoms with van der Waals surface area (Å²) in [7, 11) is -0.450. The van der Waals surface area contributed by atoms with Crippen LogP contribution in [-0.2, 0) is 15.8 Å². The highest BCUT2D eigenvalue weighted by atomic mass is 32.2. The quantitative estimate of drug-likeness (QED) is 0.549. The first-order valence-corrected chi connectivity index (χ1v) is 10.0. The molecule has 0 amide bonds. The van der Waals surface area contributed by atoms with Crippen LogP contribution in [-0.4, -0.2) is 34.9 Å². The van der Waals surface area contributed by atoms with Crippen LogP contribution in [0, 0.1) is 0 Å². The van der Waals surface area contributed by atoms with Crippen molar-refractivity contribution in [1.82, 2.24) is 4.72 Å². The minimum absolute atomic E-state index is 0.199. The zero-order valence-electron chi connectivity index (χ0n) is 15.7. The molecule has 0 aromatic heterocycles. The molecule has 8 heteroatoms. The molecule has 0 radical (unpaired) electrons. The molecule has 7 nitrogen and oxygen atoms in total. The summed E-state index contributed by atoms with van der Waals surface area (Å²) in [5.74, 6) is -0.199. The molecule has 0 unspecified atom stereocenters. The Balaban J connectivity index is 2.43. The van der Waals surface area contributed by atoms with Crippen LogP contribution in [0.3, 0.4) is 0 Å². The van der Waals surface area contributed by atoms with E-state index in [0.29, 0.717) is 33.2 Å². The molecule has 0 spiro atoms. The summed E-state index contributed by atoms with van der Waals surface area (Å²) in [6, 6.07) is 9.85. The Hall–Kier alpha value is -3.10. The van der Waals surface area contributed by atoms with Gasteiger partial charge in [-0.3, -0.25) is 14.8 Å². The molecule has 0 aliphatic heterocycles. The van der Waals surface area contributed by atoms with E-state index in [1.54, 1.807) is 43.6 Å². The number of benzene rings is 1. The average Bonchev–Trinajstić information content (AvgIpc) is 2.82. The standard InChI is InChI=1S/C20H22N4O3S/c1-14(17(10-21)12-22-2)11-24-18-7-6-16-5-4-15(13-28(26,27)23-3)8-19(16)20(25)9-18/h4-12,23H,1,13,21H2,2-3H3. The summed E-state index contributed by atoms with van der Waals surface area (Å²) >= 11 is 0. The molecular weight excluding hydrogens is 376 g/mol. The predicted molar refractivity (Wildman–Crippen MR) is 116 cm³/mol. The van der Waals surface area contributed by atoms with Gasteiger partial charge in [0.05, 0.1) is 11.4 Å². The molecule has 2 rings (SSSR count). The van der Waals surface area contributed by atoms with Crippen LogP contribution in [0.4, 0.5) is 5.69 Å². The summed E-state index contributed by atoms with van der Waals surface area (Å²) in [5, 5.41) is 1.11. The van der Waals surface area contributed by atoms with Gasteiger partial charge < -0.3 is 5.73 Å². The Kier molecular flexibility index (Phi) is 6.97. The van der Waals surface area contributed by atoms with Crippen LogP contribution in [0.15, 0.2) is 75.1 Å². The van der Waals surface area contributed by atoms with Crippen LogP contribution >= 0.6 is 0 Å². The molecule has 0 heterocycles. The number of rotatable bonds is 7. The molecule has 0 atom stereocenters. The Morgan fingerprint density at radius 2 is 1.93 bits per heavy atom. The number of aliphatic imine (C=N–C) groups is 2. The third-order valence-electron chi connectivity index (χ3n) is 3.95. The van der Waals surface area contributed by atoms with E-state index in [9.17, 15) is 13.2 Å². The first kappa shape index (κ1) is 21.2. The molecule has 0 bridgehead atoms. The van der Waals surface area contributed by atoms with E-state index in [4.69, 9.17) is 5.73 Å². The SMILES string of the molecule is C=C(C=Nc1ccc2ccc(CS(=O)(=O)NC)cc2c(=O)c1)C(C=NC)=CN. The number of fused-ring (bicyclic) bond motifs is 1. The molecule has 2 aromatic carbocycles. The summed E-state index contributed by atoms with van der Waals surface area (Å²) in [6.07, 6.45) is 4.44. The van der Waals surface area contributed by atoms with Gasteiger partial charge in [0.1, 0.15) is 0 Å². The fourth-order valence-corrected chi connectivity index (χ4v) is 3.22. The van der Waals surface area contributed by atoms with Gasteiger partial charge in [0, 0.05) is 42.7 Å². The zero-order valence-corrected chi connectivity index (χ0v) is 16.5. The van der Waals surface area contributed by atoms with Gasteiger partial charge >= 0.3 is 0 Å². The second-order valence-electron chi connectivity index (χ2n) is 5.94. The van der Waals surface area contributed by atoms with Crippen molar-refractivity contribution in [2.24, 2.45) is 15.7 Å². The van der Waals surface area contributed by atoms with Crippen molar-refractivity contribution < 1.29 is 8.42 Å².